The summed E-state index contributed by atoms with van der Waals surface area (Å²) >= 11 is 1.36. The van der Waals surface area contributed by atoms with Crippen molar-refractivity contribution in [2.45, 2.75) is 19.9 Å². The summed E-state index contributed by atoms with van der Waals surface area (Å²) < 4.78 is 1.63. The van der Waals surface area contributed by atoms with Crippen molar-refractivity contribution in [3.05, 3.63) is 52.8 Å². The van der Waals surface area contributed by atoms with Crippen molar-refractivity contribution in [1.29, 1.82) is 0 Å². The second-order valence-corrected chi connectivity index (χ2v) is 5.66. The summed E-state index contributed by atoms with van der Waals surface area (Å²) in [5.74, 6) is -0.335. The summed E-state index contributed by atoms with van der Waals surface area (Å²) in [5, 5.41) is 19.8. The largest absolute Gasteiger partial charge is 0.295 e. The monoisotopic (exact) mass is 314 g/mol. The number of nitrogens with zero attached hydrogens (tertiary/aromatic N) is 5. The molecular weight excluding hydrogens is 300 g/mol. The third kappa shape index (κ3) is 3.34. The van der Waals surface area contributed by atoms with Crippen molar-refractivity contribution < 1.29 is 4.79 Å². The number of aryl methyl sites for hydroxylation is 1. The number of anilines is 1. The third-order valence-electron chi connectivity index (χ3n) is 2.95. The van der Waals surface area contributed by atoms with Crippen LogP contribution in [0.3, 0.4) is 0 Å². The highest BCUT2D eigenvalue weighted by Crippen LogP contribution is 2.16. The minimum Gasteiger partial charge on any atom is -0.295 e. The van der Waals surface area contributed by atoms with Gasteiger partial charge in [0.05, 0.1) is 12.7 Å². The van der Waals surface area contributed by atoms with E-state index in [9.17, 15) is 4.79 Å². The van der Waals surface area contributed by atoms with Crippen molar-refractivity contribution in [2.24, 2.45) is 0 Å². The first-order chi connectivity index (χ1) is 10.7. The van der Waals surface area contributed by atoms with Crippen LogP contribution in [-0.2, 0) is 13.0 Å². The number of carbonyl (C=O) groups excluding carboxylic acids is 1. The standard InChI is InChI=1S/C14H14N6OS/c1-2-12-17-18-14(22-12)15-13(21)11-9-20(19-16-11)8-10-6-4-3-5-7-10/h3-7,9H,2,8H2,1H3,(H,15,18,21). The molecule has 0 radical (unpaired) electrons. The van der Waals surface area contributed by atoms with Crippen LogP contribution >= 0.6 is 11.3 Å². The first-order valence-corrected chi connectivity index (χ1v) is 7.64. The number of amides is 1. The van der Waals surface area contributed by atoms with Crippen LogP contribution in [0.1, 0.15) is 28.0 Å². The van der Waals surface area contributed by atoms with E-state index in [1.54, 1.807) is 10.9 Å². The molecular formula is C14H14N6OS. The highest BCUT2D eigenvalue weighted by Gasteiger charge is 2.13. The first-order valence-electron chi connectivity index (χ1n) is 6.82. The van der Waals surface area contributed by atoms with E-state index in [0.29, 0.717) is 11.7 Å². The van der Waals surface area contributed by atoms with Gasteiger partial charge in [0.25, 0.3) is 5.91 Å². The molecule has 0 aliphatic rings. The third-order valence-corrected chi connectivity index (χ3v) is 3.93. The molecule has 0 aliphatic heterocycles. The van der Waals surface area contributed by atoms with E-state index < -0.39 is 0 Å². The molecule has 1 N–H and O–H groups in total. The van der Waals surface area contributed by atoms with E-state index in [1.165, 1.54) is 11.3 Å². The van der Waals surface area contributed by atoms with Gasteiger partial charge in [-0.2, -0.15) is 0 Å². The summed E-state index contributed by atoms with van der Waals surface area (Å²) in [6.07, 6.45) is 2.41. The van der Waals surface area contributed by atoms with Gasteiger partial charge in [0.2, 0.25) is 5.13 Å². The first kappa shape index (κ1) is 14.3. The molecule has 0 saturated heterocycles. The van der Waals surface area contributed by atoms with Gasteiger partial charge in [-0.15, -0.1) is 15.3 Å². The van der Waals surface area contributed by atoms with Crippen molar-refractivity contribution >= 4 is 22.4 Å². The van der Waals surface area contributed by atoms with Gasteiger partial charge >= 0.3 is 0 Å². The molecule has 0 unspecified atom stereocenters. The average Bonchev–Trinajstić information content (AvgIpc) is 3.17. The van der Waals surface area contributed by atoms with Crippen LogP contribution < -0.4 is 5.32 Å². The fourth-order valence-electron chi connectivity index (χ4n) is 1.86. The van der Waals surface area contributed by atoms with Crippen LogP contribution in [0.25, 0.3) is 0 Å². The summed E-state index contributed by atoms with van der Waals surface area (Å²) in [6, 6.07) is 9.86. The Hall–Kier alpha value is -2.61. The topological polar surface area (TPSA) is 85.6 Å². The zero-order valence-electron chi connectivity index (χ0n) is 11.9. The number of hydrogen-bond donors (Lipinski definition) is 1. The Kier molecular flexibility index (Phi) is 4.19. The molecule has 7 nitrogen and oxygen atoms in total. The van der Waals surface area contributed by atoms with Crippen LogP contribution in [0.2, 0.25) is 0 Å². The van der Waals surface area contributed by atoms with E-state index in [0.717, 1.165) is 17.0 Å². The van der Waals surface area contributed by atoms with E-state index in [2.05, 4.69) is 25.8 Å². The normalized spacial score (nSPS) is 10.6. The molecule has 3 aromatic rings. The van der Waals surface area contributed by atoms with Gasteiger partial charge in [0.1, 0.15) is 5.01 Å². The minimum absolute atomic E-state index is 0.254. The summed E-state index contributed by atoms with van der Waals surface area (Å²) in [4.78, 5) is 12.1. The van der Waals surface area contributed by atoms with Gasteiger partial charge in [-0.25, -0.2) is 4.68 Å². The number of aromatic nitrogens is 5. The van der Waals surface area contributed by atoms with Gasteiger partial charge in [0, 0.05) is 0 Å². The Morgan fingerprint density at radius 1 is 1.23 bits per heavy atom. The fourth-order valence-corrected chi connectivity index (χ4v) is 2.53. The molecule has 0 atom stereocenters. The van der Waals surface area contributed by atoms with Gasteiger partial charge in [-0.05, 0) is 12.0 Å². The van der Waals surface area contributed by atoms with Gasteiger partial charge in [-0.1, -0.05) is 53.8 Å². The lowest BCUT2D eigenvalue weighted by Gasteiger charge is -1.99. The molecule has 0 aliphatic carbocycles. The Bertz CT molecular complexity index is 767. The summed E-state index contributed by atoms with van der Waals surface area (Å²) in [6.45, 7) is 2.56. The van der Waals surface area contributed by atoms with E-state index >= 15 is 0 Å². The molecule has 112 valence electrons. The van der Waals surface area contributed by atoms with Crippen LogP contribution in [0.15, 0.2) is 36.5 Å². The second-order valence-electron chi connectivity index (χ2n) is 4.60. The van der Waals surface area contributed by atoms with Crippen molar-refractivity contribution in [1.82, 2.24) is 25.2 Å². The molecule has 0 saturated carbocycles. The maximum Gasteiger partial charge on any atom is 0.279 e. The molecule has 2 aromatic heterocycles. The van der Waals surface area contributed by atoms with E-state index in [1.807, 2.05) is 37.3 Å². The van der Waals surface area contributed by atoms with Crippen molar-refractivity contribution in [3.63, 3.8) is 0 Å². The lowest BCUT2D eigenvalue weighted by Crippen LogP contribution is -2.12. The number of rotatable bonds is 5. The van der Waals surface area contributed by atoms with E-state index in [-0.39, 0.29) is 11.6 Å². The highest BCUT2D eigenvalue weighted by atomic mass is 32.1. The molecule has 0 bridgehead atoms. The maximum atomic E-state index is 12.1. The lowest BCUT2D eigenvalue weighted by atomic mass is 10.2. The Morgan fingerprint density at radius 3 is 2.77 bits per heavy atom. The predicted octanol–water partition coefficient (Wildman–Crippen LogP) is 1.99. The highest BCUT2D eigenvalue weighted by molar-refractivity contribution is 7.15. The Balaban J connectivity index is 1.66. The van der Waals surface area contributed by atoms with E-state index in [4.69, 9.17) is 0 Å². The van der Waals surface area contributed by atoms with Crippen LogP contribution in [0, 0.1) is 0 Å². The zero-order chi connectivity index (χ0) is 15.4. The quantitative estimate of drug-likeness (QED) is 0.778. The second kappa shape index (κ2) is 6.44. The number of hydrogen-bond acceptors (Lipinski definition) is 6. The van der Waals surface area contributed by atoms with Gasteiger partial charge in [-0.3, -0.25) is 10.1 Å². The number of nitrogens with one attached hydrogen (secondary N) is 1. The molecule has 2 heterocycles. The van der Waals surface area contributed by atoms with Crippen LogP contribution in [-0.4, -0.2) is 31.1 Å². The smallest absolute Gasteiger partial charge is 0.279 e. The molecule has 0 spiro atoms. The van der Waals surface area contributed by atoms with Crippen LogP contribution in [0.4, 0.5) is 5.13 Å². The lowest BCUT2D eigenvalue weighted by molar-refractivity contribution is 0.102. The summed E-state index contributed by atoms with van der Waals surface area (Å²) in [5.41, 5.74) is 1.35. The number of carbonyl (C=O) groups is 1. The van der Waals surface area contributed by atoms with Crippen molar-refractivity contribution in [2.75, 3.05) is 5.32 Å². The average molecular weight is 314 g/mol. The molecule has 8 heteroatoms. The summed E-state index contributed by atoms with van der Waals surface area (Å²) in [7, 11) is 0. The Labute approximate surface area is 131 Å². The molecule has 22 heavy (non-hydrogen) atoms. The van der Waals surface area contributed by atoms with Crippen LogP contribution in [0.5, 0.6) is 0 Å². The van der Waals surface area contributed by atoms with Crippen molar-refractivity contribution in [3.8, 4) is 0 Å². The molecule has 3 rings (SSSR count). The predicted molar refractivity (Wildman–Crippen MR) is 82.8 cm³/mol. The molecule has 1 aromatic carbocycles. The van der Waals surface area contributed by atoms with Gasteiger partial charge in [0.15, 0.2) is 5.69 Å². The Morgan fingerprint density at radius 2 is 2.05 bits per heavy atom. The van der Waals surface area contributed by atoms with Gasteiger partial charge < -0.3 is 0 Å². The minimum atomic E-state index is -0.335. The molecule has 0 fully saturated rings. The maximum absolute atomic E-state index is 12.1. The number of benzene rings is 1. The fraction of sp³-hybridized carbons (Fsp3) is 0.214. The molecule has 1 amide bonds. The SMILES string of the molecule is CCc1nnc(NC(=O)c2cn(Cc3ccccc3)nn2)s1. The zero-order valence-corrected chi connectivity index (χ0v) is 12.7.